The summed E-state index contributed by atoms with van der Waals surface area (Å²) in [4.78, 5) is 16.6. The summed E-state index contributed by atoms with van der Waals surface area (Å²) < 4.78 is 5.54. The number of aromatic amines is 1. The zero-order valence-corrected chi connectivity index (χ0v) is 17.7. The summed E-state index contributed by atoms with van der Waals surface area (Å²) >= 11 is 1.65. The third-order valence-corrected chi connectivity index (χ3v) is 6.03. The SMILES string of the molecule is CSc1cc(C)c(-c2cc(N3CCOCC3)nc3c(-c4ccn[nH]4)nccc23)cn1. The molecular weight excluding hydrogens is 396 g/mol. The van der Waals surface area contributed by atoms with Crippen molar-refractivity contribution in [3.8, 4) is 22.5 Å². The van der Waals surface area contributed by atoms with E-state index in [1.165, 1.54) is 5.56 Å². The predicted molar refractivity (Wildman–Crippen MR) is 120 cm³/mol. The van der Waals surface area contributed by atoms with Gasteiger partial charge < -0.3 is 9.64 Å². The molecule has 1 aliphatic rings. The fourth-order valence-electron chi connectivity index (χ4n) is 3.82. The number of pyridine rings is 3. The molecule has 4 aromatic heterocycles. The number of fused-ring (bicyclic) bond motifs is 1. The van der Waals surface area contributed by atoms with Crippen LogP contribution >= 0.6 is 11.8 Å². The fraction of sp³-hybridized carbons (Fsp3) is 0.273. The number of nitrogens with one attached hydrogen (secondary N) is 1. The van der Waals surface area contributed by atoms with Gasteiger partial charge in [0.1, 0.15) is 17.0 Å². The first kappa shape index (κ1) is 19.0. The van der Waals surface area contributed by atoms with Crippen molar-refractivity contribution < 1.29 is 4.74 Å². The van der Waals surface area contributed by atoms with Crippen molar-refractivity contribution in [2.45, 2.75) is 11.9 Å². The zero-order valence-electron chi connectivity index (χ0n) is 16.9. The van der Waals surface area contributed by atoms with E-state index in [0.717, 1.165) is 57.4 Å². The van der Waals surface area contributed by atoms with Crippen molar-refractivity contribution in [2.75, 3.05) is 37.5 Å². The molecule has 7 nitrogen and oxygen atoms in total. The van der Waals surface area contributed by atoms with E-state index in [2.05, 4.69) is 44.1 Å². The molecule has 5 heterocycles. The lowest BCUT2D eigenvalue weighted by Crippen LogP contribution is -2.36. The molecule has 0 unspecified atom stereocenters. The Hall–Kier alpha value is -2.97. The predicted octanol–water partition coefficient (Wildman–Crippen LogP) is 3.95. The van der Waals surface area contributed by atoms with Gasteiger partial charge in [-0.1, -0.05) is 0 Å². The lowest BCUT2D eigenvalue weighted by atomic mass is 9.98. The number of aromatic nitrogens is 5. The number of aryl methyl sites for hydroxylation is 1. The monoisotopic (exact) mass is 418 g/mol. The van der Waals surface area contributed by atoms with Crippen molar-refractivity contribution in [1.82, 2.24) is 25.1 Å². The van der Waals surface area contributed by atoms with Gasteiger partial charge in [-0.25, -0.2) is 9.97 Å². The molecule has 1 aliphatic heterocycles. The Morgan fingerprint density at radius 3 is 2.67 bits per heavy atom. The lowest BCUT2D eigenvalue weighted by molar-refractivity contribution is 0.122. The van der Waals surface area contributed by atoms with Crippen molar-refractivity contribution in [2.24, 2.45) is 0 Å². The highest BCUT2D eigenvalue weighted by molar-refractivity contribution is 7.98. The molecule has 1 N–H and O–H groups in total. The number of nitrogens with zero attached hydrogens (tertiary/aromatic N) is 5. The number of hydrogen-bond acceptors (Lipinski definition) is 7. The minimum atomic E-state index is 0.707. The van der Waals surface area contributed by atoms with E-state index in [-0.39, 0.29) is 0 Å². The summed E-state index contributed by atoms with van der Waals surface area (Å²) in [5, 5.41) is 9.19. The van der Waals surface area contributed by atoms with E-state index in [0.29, 0.717) is 13.2 Å². The number of morpholine rings is 1. The van der Waals surface area contributed by atoms with Crippen LogP contribution in [0.15, 0.2) is 47.9 Å². The molecule has 0 atom stereocenters. The van der Waals surface area contributed by atoms with Gasteiger partial charge >= 0.3 is 0 Å². The molecule has 1 saturated heterocycles. The summed E-state index contributed by atoms with van der Waals surface area (Å²) in [6, 6.07) is 8.26. The number of anilines is 1. The van der Waals surface area contributed by atoms with E-state index < -0.39 is 0 Å². The average Bonchev–Trinajstić information content (AvgIpc) is 3.33. The summed E-state index contributed by atoms with van der Waals surface area (Å²) in [5.41, 5.74) is 5.92. The third kappa shape index (κ3) is 3.42. The molecule has 5 rings (SSSR count). The molecule has 0 bridgehead atoms. The molecule has 4 aromatic rings. The first-order chi connectivity index (χ1) is 14.7. The molecular formula is C22H22N6OS. The van der Waals surface area contributed by atoms with Crippen LogP contribution in [-0.4, -0.2) is 57.7 Å². The maximum absolute atomic E-state index is 5.54. The Morgan fingerprint density at radius 2 is 1.93 bits per heavy atom. The van der Waals surface area contributed by atoms with Crippen LogP contribution < -0.4 is 4.90 Å². The molecule has 0 radical (unpaired) electrons. The maximum atomic E-state index is 5.54. The quantitative estimate of drug-likeness (QED) is 0.503. The van der Waals surface area contributed by atoms with Crippen LogP contribution in [0.2, 0.25) is 0 Å². The van der Waals surface area contributed by atoms with Crippen LogP contribution in [0.3, 0.4) is 0 Å². The molecule has 8 heteroatoms. The number of ether oxygens (including phenoxy) is 1. The Labute approximate surface area is 178 Å². The van der Waals surface area contributed by atoms with Gasteiger partial charge in [0.25, 0.3) is 0 Å². The van der Waals surface area contributed by atoms with Crippen LogP contribution in [0.4, 0.5) is 5.82 Å². The first-order valence-corrected chi connectivity index (χ1v) is 11.1. The maximum Gasteiger partial charge on any atom is 0.130 e. The summed E-state index contributed by atoms with van der Waals surface area (Å²) in [5.74, 6) is 0.933. The Morgan fingerprint density at radius 1 is 1.07 bits per heavy atom. The van der Waals surface area contributed by atoms with Crippen molar-refractivity contribution in [1.29, 1.82) is 0 Å². The highest BCUT2D eigenvalue weighted by Gasteiger charge is 2.19. The molecule has 0 saturated carbocycles. The van der Waals surface area contributed by atoms with Gasteiger partial charge in [-0.2, -0.15) is 5.10 Å². The van der Waals surface area contributed by atoms with Crippen LogP contribution in [0, 0.1) is 6.92 Å². The second-order valence-corrected chi connectivity index (χ2v) is 8.02. The number of hydrogen-bond donors (Lipinski definition) is 1. The highest BCUT2D eigenvalue weighted by atomic mass is 32.2. The Bertz CT molecular complexity index is 1190. The van der Waals surface area contributed by atoms with Gasteiger partial charge in [0.05, 0.1) is 23.9 Å². The molecule has 30 heavy (non-hydrogen) atoms. The molecule has 0 amide bonds. The van der Waals surface area contributed by atoms with Gasteiger partial charge in [0, 0.05) is 42.6 Å². The van der Waals surface area contributed by atoms with Gasteiger partial charge in [-0.3, -0.25) is 10.1 Å². The van der Waals surface area contributed by atoms with E-state index in [9.17, 15) is 0 Å². The lowest BCUT2D eigenvalue weighted by Gasteiger charge is -2.28. The van der Waals surface area contributed by atoms with E-state index in [1.54, 1.807) is 18.0 Å². The van der Waals surface area contributed by atoms with E-state index in [1.807, 2.05) is 30.8 Å². The van der Waals surface area contributed by atoms with Crippen LogP contribution in [0.1, 0.15) is 5.56 Å². The number of H-pyrrole nitrogens is 1. The zero-order chi connectivity index (χ0) is 20.5. The minimum Gasteiger partial charge on any atom is -0.378 e. The molecule has 152 valence electrons. The topological polar surface area (TPSA) is 79.8 Å². The van der Waals surface area contributed by atoms with Gasteiger partial charge in [-0.15, -0.1) is 11.8 Å². The molecule has 0 spiro atoms. The summed E-state index contributed by atoms with van der Waals surface area (Å²) in [6.07, 6.45) is 7.58. The van der Waals surface area contributed by atoms with Crippen molar-refractivity contribution in [3.63, 3.8) is 0 Å². The molecule has 0 aliphatic carbocycles. The fourth-order valence-corrected chi connectivity index (χ4v) is 4.28. The largest absolute Gasteiger partial charge is 0.378 e. The Balaban J connectivity index is 1.77. The van der Waals surface area contributed by atoms with Crippen LogP contribution in [0.25, 0.3) is 33.4 Å². The Kier molecular flexibility index (Phi) is 5.10. The third-order valence-electron chi connectivity index (χ3n) is 5.39. The molecule has 0 aromatic carbocycles. The van der Waals surface area contributed by atoms with Crippen molar-refractivity contribution in [3.05, 3.63) is 48.4 Å². The summed E-state index contributed by atoms with van der Waals surface area (Å²) in [6.45, 7) is 5.19. The molecule has 1 fully saturated rings. The van der Waals surface area contributed by atoms with E-state index in [4.69, 9.17) is 9.72 Å². The van der Waals surface area contributed by atoms with Gasteiger partial charge in [-0.05, 0) is 48.6 Å². The van der Waals surface area contributed by atoms with E-state index >= 15 is 0 Å². The highest BCUT2D eigenvalue weighted by Crippen LogP contribution is 2.36. The first-order valence-electron chi connectivity index (χ1n) is 9.88. The minimum absolute atomic E-state index is 0.707. The summed E-state index contributed by atoms with van der Waals surface area (Å²) in [7, 11) is 0. The normalized spacial score (nSPS) is 14.4. The second-order valence-electron chi connectivity index (χ2n) is 7.20. The van der Waals surface area contributed by atoms with Gasteiger partial charge in [0.15, 0.2) is 0 Å². The standard InChI is InChI=1S/C22H22N6OS/c1-14-11-20(30-2)24-13-17(14)16-12-19(28-7-9-29-10-8-28)26-21-15(16)3-5-23-22(21)18-4-6-25-27-18/h3-6,11-13H,7-10H2,1-2H3,(H,25,27). The van der Waals surface area contributed by atoms with Crippen molar-refractivity contribution >= 4 is 28.5 Å². The van der Waals surface area contributed by atoms with Gasteiger partial charge in [0.2, 0.25) is 0 Å². The number of thioether (sulfide) groups is 1. The number of rotatable bonds is 4. The van der Waals surface area contributed by atoms with Crippen LogP contribution in [0.5, 0.6) is 0 Å². The smallest absolute Gasteiger partial charge is 0.130 e. The van der Waals surface area contributed by atoms with Crippen LogP contribution in [-0.2, 0) is 4.74 Å². The second kappa shape index (κ2) is 8.04. The average molecular weight is 419 g/mol.